The van der Waals surface area contributed by atoms with Gasteiger partial charge in [-0.1, -0.05) is 11.3 Å². The number of nitrogen functional groups attached to an aromatic ring is 2. The van der Waals surface area contributed by atoms with Crippen molar-refractivity contribution in [3.8, 4) is 0 Å². The number of amides is 2. The quantitative estimate of drug-likeness (QED) is 0.597. The van der Waals surface area contributed by atoms with Crippen molar-refractivity contribution in [2.75, 3.05) is 24.6 Å². The number of carbonyl (C=O) groups is 2. The number of hydrogen-bond acceptors (Lipinski definition) is 8. The average Bonchev–Trinajstić information content (AvgIpc) is 2.78. The van der Waals surface area contributed by atoms with E-state index in [4.69, 9.17) is 16.2 Å². The number of likely N-dealkylation sites (tertiary alicyclic amines) is 1. The second-order valence-electron chi connectivity index (χ2n) is 7.19. The second-order valence-corrected chi connectivity index (χ2v) is 10.7. The van der Waals surface area contributed by atoms with Crippen LogP contribution in [0.5, 0.6) is 0 Å². The van der Waals surface area contributed by atoms with Crippen LogP contribution in [0.4, 0.5) is 14.8 Å². The maximum absolute atomic E-state index is 12.5. The summed E-state index contributed by atoms with van der Waals surface area (Å²) in [5.74, 6) is -1.16. The molecule has 152 valence electrons. The van der Waals surface area contributed by atoms with Crippen LogP contribution in [-0.4, -0.2) is 44.0 Å². The SMILES string of the molecule is CC(C)(C)OC(=O)N1CCC(C(=O)NS(=O)(=O)c2c(N)sc(N)c2Br)CC1. The Hall–Kier alpha value is -1.53. The number of nitrogens with two attached hydrogens (primary N) is 2. The Morgan fingerprint density at radius 3 is 2.22 bits per heavy atom. The highest BCUT2D eigenvalue weighted by Crippen LogP contribution is 2.40. The molecule has 1 aromatic rings. The van der Waals surface area contributed by atoms with Gasteiger partial charge in [-0.2, -0.15) is 0 Å². The van der Waals surface area contributed by atoms with Gasteiger partial charge in [-0.25, -0.2) is 17.9 Å². The third-order valence-corrected chi connectivity index (χ3v) is 7.64. The van der Waals surface area contributed by atoms with Gasteiger partial charge in [0, 0.05) is 19.0 Å². The number of carbonyl (C=O) groups excluding carboxylic acids is 2. The lowest BCUT2D eigenvalue weighted by Crippen LogP contribution is -2.45. The molecule has 12 heteroatoms. The predicted octanol–water partition coefficient (Wildman–Crippen LogP) is 2.13. The smallest absolute Gasteiger partial charge is 0.410 e. The van der Waals surface area contributed by atoms with Crippen molar-refractivity contribution in [1.29, 1.82) is 0 Å². The van der Waals surface area contributed by atoms with Crippen molar-refractivity contribution in [2.24, 2.45) is 5.92 Å². The highest BCUT2D eigenvalue weighted by Gasteiger charge is 2.33. The fraction of sp³-hybridized carbons (Fsp3) is 0.600. The number of anilines is 2. The third kappa shape index (κ3) is 5.26. The summed E-state index contributed by atoms with van der Waals surface area (Å²) in [5, 5.41) is 0.213. The average molecular weight is 483 g/mol. The zero-order chi connectivity index (χ0) is 20.6. The number of rotatable bonds is 3. The molecule has 0 aliphatic carbocycles. The molecule has 0 aromatic carbocycles. The summed E-state index contributed by atoms with van der Waals surface area (Å²) in [5.41, 5.74) is 10.8. The van der Waals surface area contributed by atoms with Crippen molar-refractivity contribution in [2.45, 2.75) is 44.1 Å². The molecule has 0 radical (unpaired) electrons. The lowest BCUT2D eigenvalue weighted by atomic mass is 9.97. The first-order chi connectivity index (χ1) is 12.3. The number of piperidine rings is 1. The number of hydrogen-bond donors (Lipinski definition) is 3. The van der Waals surface area contributed by atoms with Crippen molar-refractivity contribution < 1.29 is 22.7 Å². The van der Waals surface area contributed by atoms with Gasteiger partial charge in [0.05, 0.1) is 4.47 Å². The summed E-state index contributed by atoms with van der Waals surface area (Å²) in [4.78, 5) is 25.8. The molecular formula is C15H23BrN4O5S2. The van der Waals surface area contributed by atoms with E-state index in [-0.39, 0.29) is 19.4 Å². The molecule has 1 saturated heterocycles. The minimum absolute atomic E-state index is 0.000537. The normalized spacial score (nSPS) is 16.2. The van der Waals surface area contributed by atoms with Crippen molar-refractivity contribution >= 4 is 59.3 Å². The maximum Gasteiger partial charge on any atom is 0.410 e. The lowest BCUT2D eigenvalue weighted by molar-refractivity contribution is -0.124. The Kier molecular flexibility index (Phi) is 6.32. The van der Waals surface area contributed by atoms with Crippen LogP contribution in [0.3, 0.4) is 0 Å². The van der Waals surface area contributed by atoms with Gasteiger partial charge in [-0.15, -0.1) is 0 Å². The molecule has 0 bridgehead atoms. The van der Waals surface area contributed by atoms with Gasteiger partial charge in [0.2, 0.25) is 5.91 Å². The van der Waals surface area contributed by atoms with Gasteiger partial charge in [0.15, 0.2) is 0 Å². The van der Waals surface area contributed by atoms with Gasteiger partial charge in [0.1, 0.15) is 20.5 Å². The lowest BCUT2D eigenvalue weighted by Gasteiger charge is -2.32. The molecular weight excluding hydrogens is 460 g/mol. The zero-order valence-electron chi connectivity index (χ0n) is 15.2. The van der Waals surface area contributed by atoms with Crippen LogP contribution in [0.1, 0.15) is 33.6 Å². The van der Waals surface area contributed by atoms with E-state index in [9.17, 15) is 18.0 Å². The molecule has 5 N–H and O–H groups in total. The molecule has 9 nitrogen and oxygen atoms in total. The van der Waals surface area contributed by atoms with Crippen molar-refractivity contribution in [1.82, 2.24) is 9.62 Å². The molecule has 27 heavy (non-hydrogen) atoms. The highest BCUT2D eigenvalue weighted by atomic mass is 79.9. The molecule has 1 fully saturated rings. The topological polar surface area (TPSA) is 145 Å². The van der Waals surface area contributed by atoms with Crippen LogP contribution >= 0.6 is 27.3 Å². The summed E-state index contributed by atoms with van der Waals surface area (Å²) >= 11 is 4.00. The maximum atomic E-state index is 12.5. The van der Waals surface area contributed by atoms with Crippen LogP contribution in [0.15, 0.2) is 9.37 Å². The molecule has 1 aliphatic heterocycles. The molecule has 0 atom stereocenters. The molecule has 0 saturated carbocycles. The fourth-order valence-electron chi connectivity index (χ4n) is 2.60. The summed E-state index contributed by atoms with van der Waals surface area (Å²) in [6, 6.07) is 0. The monoisotopic (exact) mass is 482 g/mol. The van der Waals surface area contributed by atoms with Crippen LogP contribution in [0.2, 0.25) is 0 Å². The first-order valence-electron chi connectivity index (χ1n) is 8.19. The van der Waals surface area contributed by atoms with Gasteiger partial charge in [0.25, 0.3) is 10.0 Å². The van der Waals surface area contributed by atoms with Crippen LogP contribution in [0, 0.1) is 5.92 Å². The Morgan fingerprint density at radius 2 is 1.78 bits per heavy atom. The number of nitrogens with one attached hydrogen (secondary N) is 1. The molecule has 1 aliphatic rings. The first kappa shape index (κ1) is 21.8. The van der Waals surface area contributed by atoms with Crippen molar-refractivity contribution in [3.05, 3.63) is 4.47 Å². The Morgan fingerprint density at radius 1 is 1.22 bits per heavy atom. The standard InChI is InChI=1S/C15H23BrN4O5S2/c1-15(2,3)25-14(22)20-6-4-8(5-7-20)13(21)19-27(23,24)10-9(16)11(17)26-12(10)18/h8H,4-7,17-18H2,1-3H3,(H,19,21). The zero-order valence-corrected chi connectivity index (χ0v) is 18.5. The summed E-state index contributed by atoms with van der Waals surface area (Å²) in [7, 11) is -4.15. The number of halogens is 1. The van der Waals surface area contributed by atoms with E-state index in [1.165, 1.54) is 4.90 Å². The minimum atomic E-state index is -4.15. The van der Waals surface area contributed by atoms with E-state index in [1.54, 1.807) is 20.8 Å². The second kappa shape index (κ2) is 7.84. The number of ether oxygens (including phenoxy) is 1. The molecule has 0 spiro atoms. The van der Waals surface area contributed by atoms with Gasteiger partial charge >= 0.3 is 6.09 Å². The molecule has 2 heterocycles. The van der Waals surface area contributed by atoms with E-state index < -0.39 is 33.5 Å². The van der Waals surface area contributed by atoms with Crippen molar-refractivity contribution in [3.63, 3.8) is 0 Å². The van der Waals surface area contributed by atoms with E-state index in [1.807, 2.05) is 0 Å². The first-order valence-corrected chi connectivity index (χ1v) is 11.3. The predicted molar refractivity (Wildman–Crippen MR) is 107 cm³/mol. The summed E-state index contributed by atoms with van der Waals surface area (Å²) in [6.07, 6.45) is 0.228. The van der Waals surface area contributed by atoms with Gasteiger partial charge in [-0.3, -0.25) is 4.79 Å². The Bertz CT molecular complexity index is 839. The largest absolute Gasteiger partial charge is 0.444 e. The number of nitrogens with zero attached hydrogens (tertiary/aromatic N) is 1. The van der Waals surface area contributed by atoms with E-state index in [2.05, 4.69) is 20.7 Å². The highest BCUT2D eigenvalue weighted by molar-refractivity contribution is 9.10. The van der Waals surface area contributed by atoms with E-state index >= 15 is 0 Å². The molecule has 2 rings (SSSR count). The molecule has 1 aromatic heterocycles. The van der Waals surface area contributed by atoms with Crippen LogP contribution in [-0.2, 0) is 19.6 Å². The molecule has 2 amide bonds. The Balaban J connectivity index is 1.99. The minimum Gasteiger partial charge on any atom is -0.444 e. The fourth-order valence-corrected chi connectivity index (χ4v) is 6.11. The van der Waals surface area contributed by atoms with E-state index in [0.29, 0.717) is 25.9 Å². The van der Waals surface area contributed by atoms with E-state index in [0.717, 1.165) is 11.3 Å². The third-order valence-electron chi connectivity index (χ3n) is 3.88. The number of sulfonamides is 1. The summed E-state index contributed by atoms with van der Waals surface area (Å²) in [6.45, 7) is 5.94. The van der Waals surface area contributed by atoms with Gasteiger partial charge < -0.3 is 21.1 Å². The Labute approximate surface area is 170 Å². The number of thiophene rings is 1. The molecule has 0 unspecified atom stereocenters. The van der Waals surface area contributed by atoms with Gasteiger partial charge in [-0.05, 0) is 49.5 Å². The summed E-state index contributed by atoms with van der Waals surface area (Å²) < 4.78 is 32.5. The van der Waals surface area contributed by atoms with Crippen LogP contribution in [0.25, 0.3) is 0 Å². The van der Waals surface area contributed by atoms with Crippen LogP contribution < -0.4 is 16.2 Å².